The first-order valence-electron chi connectivity index (χ1n) is 12.0. The predicted molar refractivity (Wildman–Crippen MR) is 147 cm³/mol. The Labute approximate surface area is 249 Å². The molecule has 0 bridgehead atoms. The van der Waals surface area contributed by atoms with E-state index in [9.17, 15) is 0 Å². The SMILES string of the molecule is Cc1cc(-c2ccccc2)c(C)[cH-]1.Cc1ccc([CH]=[Zr+2])cc1.[Cl-].[Cl-].[c-]1cccc2c1Cc1ccccc1-2. The summed E-state index contributed by atoms with van der Waals surface area (Å²) < 4.78 is 2.19. The van der Waals surface area contributed by atoms with Crippen molar-refractivity contribution in [2.75, 3.05) is 0 Å². The van der Waals surface area contributed by atoms with Crippen LogP contribution in [0.2, 0.25) is 0 Å². The molecule has 1 aliphatic rings. The maximum absolute atomic E-state index is 3.30. The van der Waals surface area contributed by atoms with E-state index in [2.05, 4.69) is 134 Å². The Morgan fingerprint density at radius 3 is 2.03 bits per heavy atom. The third-order valence-electron chi connectivity index (χ3n) is 6.19. The molecule has 5 aromatic rings. The molecule has 0 saturated carbocycles. The summed E-state index contributed by atoms with van der Waals surface area (Å²) in [6.07, 6.45) is 1.05. The minimum atomic E-state index is 0. The van der Waals surface area contributed by atoms with Gasteiger partial charge in [-0.1, -0.05) is 85.1 Å². The maximum Gasteiger partial charge on any atom is -0.0253 e. The molecule has 37 heavy (non-hydrogen) atoms. The summed E-state index contributed by atoms with van der Waals surface area (Å²) in [6.45, 7) is 6.40. The second-order valence-electron chi connectivity index (χ2n) is 8.95. The monoisotopic (exact) mass is 598 g/mol. The molecule has 0 N–H and O–H groups in total. The molecule has 1 aliphatic carbocycles. The Hall–Kier alpha value is -2.44. The molecular formula is C34H30Cl2Zr-2. The van der Waals surface area contributed by atoms with Crippen molar-refractivity contribution in [1.82, 2.24) is 0 Å². The van der Waals surface area contributed by atoms with Crippen LogP contribution in [0.3, 0.4) is 0 Å². The largest absolute Gasteiger partial charge is 1.00 e. The summed E-state index contributed by atoms with van der Waals surface area (Å²) in [4.78, 5) is 0. The Morgan fingerprint density at radius 2 is 1.38 bits per heavy atom. The smallest absolute Gasteiger partial charge is 0.0253 e. The molecule has 3 heteroatoms. The van der Waals surface area contributed by atoms with Gasteiger partial charge in [0.05, 0.1) is 0 Å². The van der Waals surface area contributed by atoms with Crippen LogP contribution in [0, 0.1) is 26.8 Å². The third kappa shape index (κ3) is 8.28. The van der Waals surface area contributed by atoms with Gasteiger partial charge in [-0.2, -0.15) is 52.6 Å². The van der Waals surface area contributed by atoms with Gasteiger partial charge >= 0.3 is 70.3 Å². The molecule has 6 rings (SSSR count). The van der Waals surface area contributed by atoms with Gasteiger partial charge in [0.2, 0.25) is 0 Å². The van der Waals surface area contributed by atoms with Gasteiger partial charge in [0.25, 0.3) is 0 Å². The Balaban J connectivity index is 0.000000194. The van der Waals surface area contributed by atoms with Crippen LogP contribution in [-0.4, -0.2) is 3.71 Å². The quantitative estimate of drug-likeness (QED) is 0.268. The summed E-state index contributed by atoms with van der Waals surface area (Å²) in [7, 11) is 0. The summed E-state index contributed by atoms with van der Waals surface area (Å²) in [6, 6.07) is 41.6. The van der Waals surface area contributed by atoms with Crippen LogP contribution < -0.4 is 24.8 Å². The molecule has 0 saturated heterocycles. The van der Waals surface area contributed by atoms with Gasteiger partial charge in [0.15, 0.2) is 0 Å². The van der Waals surface area contributed by atoms with Crippen molar-refractivity contribution in [3.05, 3.63) is 149 Å². The zero-order valence-electron chi connectivity index (χ0n) is 21.4. The normalized spacial score (nSPS) is 10.2. The predicted octanol–water partition coefficient (Wildman–Crippen LogP) is 2.45. The number of rotatable bonds is 2. The summed E-state index contributed by atoms with van der Waals surface area (Å²) in [5.41, 5.74) is 13.6. The summed E-state index contributed by atoms with van der Waals surface area (Å²) >= 11 is 1.47. The molecule has 0 fully saturated rings. The van der Waals surface area contributed by atoms with Crippen molar-refractivity contribution in [2.24, 2.45) is 0 Å². The summed E-state index contributed by atoms with van der Waals surface area (Å²) in [5, 5.41) is 0. The van der Waals surface area contributed by atoms with E-state index in [1.165, 1.54) is 79.9 Å². The molecule has 0 nitrogen and oxygen atoms in total. The van der Waals surface area contributed by atoms with Crippen molar-refractivity contribution in [3.8, 4) is 22.3 Å². The Bertz CT molecular complexity index is 1360. The van der Waals surface area contributed by atoms with Gasteiger partial charge in [-0.05, 0) is 6.42 Å². The van der Waals surface area contributed by atoms with Gasteiger partial charge in [-0.3, -0.25) is 0 Å². The fourth-order valence-corrected chi connectivity index (χ4v) is 4.86. The molecule has 0 unspecified atom stereocenters. The van der Waals surface area contributed by atoms with Crippen molar-refractivity contribution in [1.29, 1.82) is 0 Å². The zero-order valence-corrected chi connectivity index (χ0v) is 25.4. The van der Waals surface area contributed by atoms with Gasteiger partial charge in [-0.25, -0.2) is 6.07 Å². The average Bonchev–Trinajstić information content (AvgIpc) is 3.44. The Morgan fingerprint density at radius 1 is 0.730 bits per heavy atom. The van der Waals surface area contributed by atoms with Gasteiger partial charge in [0, 0.05) is 0 Å². The molecule has 0 radical (unpaired) electrons. The minimum absolute atomic E-state index is 0. The van der Waals surface area contributed by atoms with Crippen molar-refractivity contribution in [2.45, 2.75) is 27.2 Å². The fraction of sp³-hybridized carbons (Fsp3) is 0.118. The molecule has 0 aromatic heterocycles. The van der Waals surface area contributed by atoms with E-state index < -0.39 is 0 Å². The van der Waals surface area contributed by atoms with Crippen molar-refractivity contribution >= 4 is 3.71 Å². The zero-order chi connectivity index (χ0) is 24.6. The molecule has 0 heterocycles. The number of hydrogen-bond acceptors (Lipinski definition) is 0. The molecule has 0 amide bonds. The second kappa shape index (κ2) is 15.1. The molecule has 0 aliphatic heterocycles. The summed E-state index contributed by atoms with van der Waals surface area (Å²) in [5.74, 6) is 0. The molecule has 5 aromatic carbocycles. The van der Waals surface area contributed by atoms with Gasteiger partial charge in [0.1, 0.15) is 0 Å². The Kier molecular flexibility index (Phi) is 12.6. The number of aryl methyl sites for hydroxylation is 3. The molecule has 0 spiro atoms. The second-order valence-corrected chi connectivity index (χ2v) is 9.66. The van der Waals surface area contributed by atoms with Crippen LogP contribution in [0.1, 0.15) is 33.4 Å². The fourth-order valence-electron chi connectivity index (χ4n) is 4.39. The average molecular weight is 601 g/mol. The number of halogens is 2. The van der Waals surface area contributed by atoms with E-state index in [0.29, 0.717) is 0 Å². The van der Waals surface area contributed by atoms with Crippen LogP contribution in [0.4, 0.5) is 0 Å². The van der Waals surface area contributed by atoms with E-state index in [-0.39, 0.29) is 24.8 Å². The number of fused-ring (bicyclic) bond motifs is 3. The molecule has 186 valence electrons. The van der Waals surface area contributed by atoms with Crippen LogP contribution in [0.25, 0.3) is 22.3 Å². The minimum Gasteiger partial charge on any atom is -1.00 e. The first-order valence-corrected chi connectivity index (χ1v) is 13.4. The van der Waals surface area contributed by atoms with Crippen molar-refractivity contribution < 1.29 is 49.0 Å². The van der Waals surface area contributed by atoms with E-state index in [1.807, 2.05) is 6.07 Å². The van der Waals surface area contributed by atoms with E-state index >= 15 is 0 Å². The first-order chi connectivity index (χ1) is 17.0. The van der Waals surface area contributed by atoms with Gasteiger partial charge < -0.3 is 24.8 Å². The first kappa shape index (κ1) is 30.8. The van der Waals surface area contributed by atoms with E-state index in [4.69, 9.17) is 0 Å². The third-order valence-corrected chi connectivity index (χ3v) is 7.01. The maximum atomic E-state index is 3.30. The molecular weight excluding hydrogens is 571 g/mol. The molecule has 0 atom stereocenters. The van der Waals surface area contributed by atoms with Crippen LogP contribution in [0.5, 0.6) is 0 Å². The van der Waals surface area contributed by atoms with Gasteiger partial charge in [-0.15, -0.1) is 5.56 Å². The topological polar surface area (TPSA) is 0 Å². The van der Waals surface area contributed by atoms with Crippen LogP contribution in [-0.2, 0) is 30.7 Å². The van der Waals surface area contributed by atoms with E-state index in [1.54, 1.807) is 0 Å². The van der Waals surface area contributed by atoms with Crippen LogP contribution >= 0.6 is 0 Å². The van der Waals surface area contributed by atoms with Crippen molar-refractivity contribution in [3.63, 3.8) is 0 Å². The standard InChI is InChI=1S/C13H9.C13H13.C8H8.2ClH.Zr/c1-3-7-12-10(5-1)9-11-6-2-4-8-13(11)12;1-10-8-11(2)13(9-10)12-6-4-3-5-7-12;1-7-3-5-8(2)6-4-7;;;/h1-5,7-8H,9H2;3-9H,1-2H3;1,3-6H,2H3;2*1H;/q2*-1;;;;+2/p-2. The number of hydrogen-bond donors (Lipinski definition) is 0. The van der Waals surface area contributed by atoms with Crippen LogP contribution in [0.15, 0.2) is 109 Å². The van der Waals surface area contributed by atoms with E-state index in [0.717, 1.165) is 6.42 Å². The number of benzene rings is 4.